The van der Waals surface area contributed by atoms with Gasteiger partial charge in [0.05, 0.1) is 0 Å². The highest BCUT2D eigenvalue weighted by Crippen LogP contribution is 2.19. The molecule has 1 rings (SSSR count). The molecular weight excluding hydrogens is 226 g/mol. The second-order valence-electron chi connectivity index (χ2n) is 4.52. The molecule has 0 aliphatic rings. The molecule has 0 heterocycles. The Morgan fingerprint density at radius 3 is 2.00 bits per heavy atom. The molecule has 0 radical (unpaired) electrons. The largest absolute Gasteiger partial charge is 0.349 e. The molecule has 0 aliphatic carbocycles. The van der Waals surface area contributed by atoms with E-state index in [4.69, 9.17) is 10.8 Å². The van der Waals surface area contributed by atoms with Gasteiger partial charge in [0.2, 0.25) is 5.96 Å². The van der Waals surface area contributed by atoms with Crippen LogP contribution in [0.1, 0.15) is 11.1 Å². The van der Waals surface area contributed by atoms with Crippen LogP contribution < -0.4 is 5.32 Å². The summed E-state index contributed by atoms with van der Waals surface area (Å²) >= 11 is 0. The summed E-state index contributed by atoms with van der Waals surface area (Å²) in [6.07, 6.45) is 0. The molecule has 3 N–H and O–H groups in total. The van der Waals surface area contributed by atoms with Gasteiger partial charge in [-0.2, -0.15) is 0 Å². The van der Waals surface area contributed by atoms with Gasteiger partial charge < -0.3 is 10.2 Å². The van der Waals surface area contributed by atoms with Crippen molar-refractivity contribution in [3.8, 4) is 0 Å². The molecule has 0 spiro atoms. The quantitative estimate of drug-likeness (QED) is 0.526. The van der Waals surface area contributed by atoms with Gasteiger partial charge in [-0.3, -0.25) is 15.7 Å². The Labute approximate surface area is 108 Å². The van der Waals surface area contributed by atoms with E-state index in [2.05, 4.69) is 5.32 Å². The van der Waals surface area contributed by atoms with Crippen molar-refractivity contribution >= 4 is 17.6 Å². The van der Waals surface area contributed by atoms with Crippen molar-refractivity contribution in [2.75, 3.05) is 26.5 Å². The molecule has 0 aromatic heterocycles. The highest BCUT2D eigenvalue weighted by Gasteiger charge is 2.13. The number of nitrogens with zero attached hydrogens (tertiary/aromatic N) is 2. The number of nitrogens with one attached hydrogen (secondary N) is 3. The molecule has 0 aliphatic heterocycles. The van der Waals surface area contributed by atoms with Gasteiger partial charge in [-0.25, -0.2) is 0 Å². The molecule has 98 valence electrons. The van der Waals surface area contributed by atoms with Crippen molar-refractivity contribution in [1.82, 2.24) is 9.80 Å². The fourth-order valence-electron chi connectivity index (χ4n) is 1.62. The monoisotopic (exact) mass is 247 g/mol. The Hall–Kier alpha value is -2.04. The smallest absolute Gasteiger partial charge is 0.202 e. The molecule has 1 aromatic carbocycles. The normalized spacial score (nSPS) is 9.83. The standard InChI is InChI=1S/C13H21N5/c1-9-7-6-8-10(2)11(9)16-12(14)18(5)13(15)17(3)4/h6-8,15H,1-5H3,(H2,14,16). The van der Waals surface area contributed by atoms with E-state index in [1.165, 1.54) is 4.90 Å². The number of hydrogen-bond acceptors (Lipinski definition) is 2. The van der Waals surface area contributed by atoms with E-state index in [1.807, 2.05) is 32.0 Å². The molecule has 1 aromatic rings. The summed E-state index contributed by atoms with van der Waals surface area (Å²) in [5.74, 6) is 0.449. The van der Waals surface area contributed by atoms with E-state index in [9.17, 15) is 0 Å². The number of aryl methyl sites for hydroxylation is 2. The van der Waals surface area contributed by atoms with Crippen LogP contribution in [0.3, 0.4) is 0 Å². The summed E-state index contributed by atoms with van der Waals surface area (Å²) in [5.41, 5.74) is 3.11. The Balaban J connectivity index is 2.85. The summed E-state index contributed by atoms with van der Waals surface area (Å²) in [7, 11) is 5.27. The molecule has 18 heavy (non-hydrogen) atoms. The van der Waals surface area contributed by atoms with Crippen LogP contribution in [-0.4, -0.2) is 42.9 Å². The maximum Gasteiger partial charge on any atom is 0.202 e. The number of hydrogen-bond donors (Lipinski definition) is 3. The molecule has 0 atom stereocenters. The van der Waals surface area contributed by atoms with Crippen molar-refractivity contribution < 1.29 is 0 Å². The summed E-state index contributed by atoms with van der Waals surface area (Å²) in [6.45, 7) is 4.00. The first-order valence-corrected chi connectivity index (χ1v) is 5.76. The minimum absolute atomic E-state index is 0.186. The van der Waals surface area contributed by atoms with E-state index in [1.54, 1.807) is 26.0 Å². The first-order valence-electron chi connectivity index (χ1n) is 5.76. The molecule has 0 bridgehead atoms. The van der Waals surface area contributed by atoms with Crippen molar-refractivity contribution in [3.63, 3.8) is 0 Å². The second-order valence-corrected chi connectivity index (χ2v) is 4.52. The van der Waals surface area contributed by atoms with Crippen molar-refractivity contribution in [2.45, 2.75) is 13.8 Å². The van der Waals surface area contributed by atoms with Gasteiger partial charge in [-0.05, 0) is 25.0 Å². The van der Waals surface area contributed by atoms with Gasteiger partial charge >= 0.3 is 0 Å². The van der Waals surface area contributed by atoms with Gasteiger partial charge in [-0.1, -0.05) is 18.2 Å². The summed E-state index contributed by atoms with van der Waals surface area (Å²) in [5, 5.41) is 18.9. The van der Waals surface area contributed by atoms with Gasteiger partial charge in [0.1, 0.15) is 0 Å². The van der Waals surface area contributed by atoms with Crippen LogP contribution in [0.15, 0.2) is 18.2 Å². The average molecular weight is 247 g/mol. The van der Waals surface area contributed by atoms with Gasteiger partial charge in [0.25, 0.3) is 0 Å². The maximum absolute atomic E-state index is 8.00. The number of rotatable bonds is 1. The molecule has 0 saturated heterocycles. The van der Waals surface area contributed by atoms with Crippen molar-refractivity contribution in [1.29, 1.82) is 10.8 Å². The van der Waals surface area contributed by atoms with Crippen LogP contribution in [0.2, 0.25) is 0 Å². The van der Waals surface area contributed by atoms with Crippen LogP contribution in [0.4, 0.5) is 5.69 Å². The third-order valence-corrected chi connectivity index (χ3v) is 2.80. The van der Waals surface area contributed by atoms with Gasteiger partial charge in [0.15, 0.2) is 5.96 Å². The number of benzene rings is 1. The lowest BCUT2D eigenvalue weighted by Gasteiger charge is -2.26. The first-order chi connectivity index (χ1) is 8.34. The molecule has 0 amide bonds. The topological polar surface area (TPSA) is 66.2 Å². The lowest BCUT2D eigenvalue weighted by Crippen LogP contribution is -2.43. The fraction of sp³-hybridized carbons (Fsp3) is 0.385. The van der Waals surface area contributed by atoms with Crippen LogP contribution >= 0.6 is 0 Å². The Bertz CT molecular complexity index is 444. The second kappa shape index (κ2) is 5.53. The minimum atomic E-state index is 0.186. The molecule has 0 fully saturated rings. The summed E-state index contributed by atoms with van der Waals surface area (Å²) in [6, 6.07) is 5.99. The molecule has 5 nitrogen and oxygen atoms in total. The highest BCUT2D eigenvalue weighted by molar-refractivity contribution is 6.02. The Kier molecular flexibility index (Phi) is 4.31. The van der Waals surface area contributed by atoms with Crippen molar-refractivity contribution in [3.05, 3.63) is 29.3 Å². The van der Waals surface area contributed by atoms with Crippen molar-refractivity contribution in [2.24, 2.45) is 0 Å². The van der Waals surface area contributed by atoms with E-state index in [0.717, 1.165) is 16.8 Å². The fourth-order valence-corrected chi connectivity index (χ4v) is 1.62. The predicted octanol–water partition coefficient (Wildman–Crippen LogP) is 2.08. The summed E-state index contributed by atoms with van der Waals surface area (Å²) in [4.78, 5) is 3.15. The van der Waals surface area contributed by atoms with Crippen LogP contribution in [-0.2, 0) is 0 Å². The van der Waals surface area contributed by atoms with Crippen LogP contribution in [0.25, 0.3) is 0 Å². The predicted molar refractivity (Wildman–Crippen MR) is 76.4 cm³/mol. The minimum Gasteiger partial charge on any atom is -0.349 e. The Morgan fingerprint density at radius 1 is 1.06 bits per heavy atom. The summed E-state index contributed by atoms with van der Waals surface area (Å²) < 4.78 is 0. The van der Waals surface area contributed by atoms with Crippen LogP contribution in [0.5, 0.6) is 0 Å². The number of guanidine groups is 2. The molecule has 0 saturated carbocycles. The van der Waals surface area contributed by atoms with Crippen LogP contribution in [0, 0.1) is 24.7 Å². The average Bonchev–Trinajstić information content (AvgIpc) is 2.31. The Morgan fingerprint density at radius 2 is 1.56 bits per heavy atom. The maximum atomic E-state index is 8.00. The van der Waals surface area contributed by atoms with Gasteiger partial charge in [-0.15, -0.1) is 0 Å². The van der Waals surface area contributed by atoms with E-state index < -0.39 is 0 Å². The van der Waals surface area contributed by atoms with E-state index in [0.29, 0.717) is 0 Å². The third kappa shape index (κ3) is 3.00. The lowest BCUT2D eigenvalue weighted by molar-refractivity contribution is 0.524. The number of anilines is 1. The molecular formula is C13H21N5. The SMILES string of the molecule is Cc1cccc(C)c1NC(=N)N(C)C(=N)N(C)C. The highest BCUT2D eigenvalue weighted by atomic mass is 15.4. The molecule has 5 heteroatoms. The number of para-hydroxylation sites is 1. The van der Waals surface area contributed by atoms with E-state index >= 15 is 0 Å². The zero-order valence-electron chi connectivity index (χ0n) is 11.6. The zero-order valence-corrected chi connectivity index (χ0v) is 11.6. The van der Waals surface area contributed by atoms with E-state index in [-0.39, 0.29) is 11.9 Å². The zero-order chi connectivity index (χ0) is 13.9. The van der Waals surface area contributed by atoms with Gasteiger partial charge in [0, 0.05) is 26.8 Å². The third-order valence-electron chi connectivity index (χ3n) is 2.80. The lowest BCUT2D eigenvalue weighted by atomic mass is 10.1. The molecule has 0 unspecified atom stereocenters. The first kappa shape index (κ1) is 14.0.